The second-order valence-electron chi connectivity index (χ2n) is 6.96. The lowest BCUT2D eigenvalue weighted by Gasteiger charge is -2.30. The number of amides is 1. The number of hydrogen-bond acceptors (Lipinski definition) is 2. The van der Waals surface area contributed by atoms with Gasteiger partial charge in [0, 0.05) is 16.4 Å². The lowest BCUT2D eigenvalue weighted by Crippen LogP contribution is -2.50. The Balaban J connectivity index is 2.71. The van der Waals surface area contributed by atoms with Gasteiger partial charge in [-0.15, -0.1) is 0 Å². The van der Waals surface area contributed by atoms with Gasteiger partial charge in [-0.1, -0.05) is 62.7 Å². The van der Waals surface area contributed by atoms with Gasteiger partial charge in [-0.3, -0.25) is 4.79 Å². The second-order valence-corrected chi connectivity index (χ2v) is 7.87. The van der Waals surface area contributed by atoms with E-state index in [4.69, 9.17) is 5.73 Å². The number of carbonyl (C=O) groups excluding carboxylic acids is 1. The van der Waals surface area contributed by atoms with Crippen LogP contribution >= 0.6 is 15.9 Å². The van der Waals surface area contributed by atoms with E-state index in [1.54, 1.807) is 0 Å². The first-order valence-corrected chi connectivity index (χ1v) is 7.63. The first-order valence-electron chi connectivity index (χ1n) is 6.83. The molecular weight excluding hydrogens is 316 g/mol. The van der Waals surface area contributed by atoms with Crippen molar-refractivity contribution < 1.29 is 4.79 Å². The van der Waals surface area contributed by atoms with E-state index in [1.807, 2.05) is 32.9 Å². The minimum Gasteiger partial charge on any atom is -0.354 e. The molecule has 0 saturated heterocycles. The third-order valence-corrected chi connectivity index (χ3v) is 4.02. The molecule has 0 saturated carbocycles. The Bertz CT molecular complexity index is 478. The Morgan fingerprint density at radius 2 is 1.90 bits per heavy atom. The summed E-state index contributed by atoms with van der Waals surface area (Å²) < 4.78 is 1.04. The Morgan fingerprint density at radius 3 is 2.40 bits per heavy atom. The second kappa shape index (κ2) is 6.27. The molecule has 3 N–H and O–H groups in total. The van der Waals surface area contributed by atoms with Gasteiger partial charge in [-0.2, -0.15) is 0 Å². The molecule has 0 aliphatic rings. The highest BCUT2D eigenvalue weighted by molar-refractivity contribution is 9.10. The fourth-order valence-corrected chi connectivity index (χ4v) is 2.22. The van der Waals surface area contributed by atoms with Crippen LogP contribution in [-0.4, -0.2) is 18.5 Å². The molecule has 1 atom stereocenters. The number of nitrogens with one attached hydrogen (secondary N) is 1. The molecule has 1 aromatic rings. The summed E-state index contributed by atoms with van der Waals surface area (Å²) in [5.41, 5.74) is 6.77. The molecule has 0 fully saturated rings. The van der Waals surface area contributed by atoms with E-state index in [2.05, 4.69) is 47.2 Å². The fraction of sp³-hybridized carbons (Fsp3) is 0.562. The average Bonchev–Trinajstić information content (AvgIpc) is 2.34. The van der Waals surface area contributed by atoms with Gasteiger partial charge >= 0.3 is 0 Å². The van der Waals surface area contributed by atoms with Crippen LogP contribution in [-0.2, 0) is 10.2 Å². The van der Waals surface area contributed by atoms with Gasteiger partial charge < -0.3 is 11.1 Å². The highest BCUT2D eigenvalue weighted by Crippen LogP contribution is 2.25. The molecule has 0 aromatic heterocycles. The molecule has 0 aliphatic heterocycles. The summed E-state index contributed by atoms with van der Waals surface area (Å²) in [6.45, 7) is 10.7. The van der Waals surface area contributed by atoms with Gasteiger partial charge in [-0.05, 0) is 23.1 Å². The average molecular weight is 341 g/mol. The normalized spacial score (nSPS) is 13.9. The van der Waals surface area contributed by atoms with Crippen molar-refractivity contribution in [2.75, 3.05) is 6.54 Å². The molecule has 0 spiro atoms. The van der Waals surface area contributed by atoms with Crippen molar-refractivity contribution in [2.24, 2.45) is 11.1 Å². The first kappa shape index (κ1) is 17.2. The van der Waals surface area contributed by atoms with E-state index in [0.717, 1.165) is 4.47 Å². The molecule has 1 rings (SSSR count). The van der Waals surface area contributed by atoms with Crippen molar-refractivity contribution >= 4 is 21.8 Å². The summed E-state index contributed by atoms with van der Waals surface area (Å²) in [7, 11) is 0. The molecular formula is C16H25BrN2O. The lowest BCUT2D eigenvalue weighted by atomic mass is 9.83. The van der Waals surface area contributed by atoms with E-state index < -0.39 is 6.04 Å². The Morgan fingerprint density at radius 1 is 1.30 bits per heavy atom. The predicted octanol–water partition coefficient (Wildman–Crippen LogP) is 3.22. The van der Waals surface area contributed by atoms with Crippen molar-refractivity contribution in [3.8, 4) is 0 Å². The Labute approximate surface area is 130 Å². The predicted molar refractivity (Wildman–Crippen MR) is 87.6 cm³/mol. The van der Waals surface area contributed by atoms with E-state index in [1.165, 1.54) is 5.56 Å². The van der Waals surface area contributed by atoms with Crippen LogP contribution in [0.2, 0.25) is 0 Å². The van der Waals surface area contributed by atoms with Gasteiger partial charge in [0.25, 0.3) is 0 Å². The smallest absolute Gasteiger partial charge is 0.237 e. The summed E-state index contributed by atoms with van der Waals surface area (Å²) >= 11 is 3.48. The van der Waals surface area contributed by atoms with Crippen molar-refractivity contribution in [3.63, 3.8) is 0 Å². The monoisotopic (exact) mass is 340 g/mol. The van der Waals surface area contributed by atoms with Gasteiger partial charge in [0.2, 0.25) is 5.91 Å². The summed E-state index contributed by atoms with van der Waals surface area (Å²) in [4.78, 5) is 12.1. The number of halogens is 1. The van der Waals surface area contributed by atoms with Crippen LogP contribution in [0.5, 0.6) is 0 Å². The quantitative estimate of drug-likeness (QED) is 0.884. The highest BCUT2D eigenvalue weighted by Gasteiger charge is 2.29. The summed E-state index contributed by atoms with van der Waals surface area (Å²) in [6.07, 6.45) is 0. The van der Waals surface area contributed by atoms with Crippen molar-refractivity contribution in [2.45, 2.75) is 46.1 Å². The largest absolute Gasteiger partial charge is 0.354 e. The Hall–Kier alpha value is -0.870. The van der Waals surface area contributed by atoms with Gasteiger partial charge in [-0.25, -0.2) is 0 Å². The molecule has 0 aliphatic carbocycles. The maximum atomic E-state index is 12.1. The fourth-order valence-electron chi connectivity index (χ4n) is 1.82. The van der Waals surface area contributed by atoms with Gasteiger partial charge in [0.05, 0.1) is 6.04 Å². The molecule has 1 aromatic carbocycles. The zero-order valence-corrected chi connectivity index (χ0v) is 14.5. The van der Waals surface area contributed by atoms with Gasteiger partial charge in [0.15, 0.2) is 0 Å². The molecule has 112 valence electrons. The van der Waals surface area contributed by atoms with Crippen molar-refractivity contribution in [1.82, 2.24) is 5.32 Å². The zero-order chi connectivity index (χ0) is 15.6. The lowest BCUT2D eigenvalue weighted by molar-refractivity contribution is -0.124. The summed E-state index contributed by atoms with van der Waals surface area (Å²) in [5.74, 6) is -0.0967. The van der Waals surface area contributed by atoms with Crippen LogP contribution in [0.15, 0.2) is 28.7 Å². The molecule has 1 amide bonds. The molecule has 0 unspecified atom stereocenters. The third kappa shape index (κ3) is 4.60. The maximum Gasteiger partial charge on any atom is 0.237 e. The molecule has 0 radical (unpaired) electrons. The standard InChI is InChI=1S/C16H25BrN2O/c1-15(2,3)13(18)14(20)19-10-16(4,5)11-7-6-8-12(17)9-11/h6-9,13H,10,18H2,1-5H3,(H,19,20)/t13-/m1/s1. The Kier molecular flexibility index (Phi) is 5.39. The van der Waals surface area contributed by atoms with Crippen molar-refractivity contribution in [3.05, 3.63) is 34.3 Å². The third-order valence-electron chi connectivity index (χ3n) is 3.53. The van der Waals surface area contributed by atoms with Crippen LogP contribution in [0.4, 0.5) is 0 Å². The number of benzene rings is 1. The molecule has 4 heteroatoms. The van der Waals surface area contributed by atoms with Crippen LogP contribution in [0, 0.1) is 5.41 Å². The van der Waals surface area contributed by atoms with E-state index in [9.17, 15) is 4.79 Å². The van der Waals surface area contributed by atoms with Gasteiger partial charge in [0.1, 0.15) is 0 Å². The van der Waals surface area contributed by atoms with Crippen LogP contribution in [0.3, 0.4) is 0 Å². The van der Waals surface area contributed by atoms with Crippen molar-refractivity contribution in [1.29, 1.82) is 0 Å². The SMILES string of the molecule is CC(C)(CNC(=O)[C@@H](N)C(C)(C)C)c1cccc(Br)c1. The summed E-state index contributed by atoms with van der Waals surface area (Å²) in [5, 5.41) is 2.97. The molecule has 20 heavy (non-hydrogen) atoms. The number of nitrogens with two attached hydrogens (primary N) is 1. The number of hydrogen-bond donors (Lipinski definition) is 2. The zero-order valence-electron chi connectivity index (χ0n) is 13.0. The van der Waals surface area contributed by atoms with Crippen LogP contribution < -0.4 is 11.1 Å². The highest BCUT2D eigenvalue weighted by atomic mass is 79.9. The minimum atomic E-state index is -0.499. The van der Waals surface area contributed by atoms with E-state index >= 15 is 0 Å². The number of rotatable bonds is 4. The van der Waals surface area contributed by atoms with Crippen LogP contribution in [0.25, 0.3) is 0 Å². The molecule has 0 bridgehead atoms. The molecule has 0 heterocycles. The number of carbonyl (C=O) groups is 1. The minimum absolute atomic E-state index is 0.0967. The topological polar surface area (TPSA) is 55.1 Å². The first-order chi connectivity index (χ1) is 9.04. The van der Waals surface area contributed by atoms with E-state index in [-0.39, 0.29) is 16.7 Å². The van der Waals surface area contributed by atoms with Crippen LogP contribution in [0.1, 0.15) is 40.2 Å². The summed E-state index contributed by atoms with van der Waals surface area (Å²) in [6, 6.07) is 7.65. The maximum absolute atomic E-state index is 12.1. The molecule has 3 nitrogen and oxygen atoms in total. The van der Waals surface area contributed by atoms with E-state index in [0.29, 0.717) is 6.54 Å².